The van der Waals surface area contributed by atoms with E-state index >= 15 is 0 Å². The summed E-state index contributed by atoms with van der Waals surface area (Å²) in [6.45, 7) is 4.60. The predicted molar refractivity (Wildman–Crippen MR) is 145 cm³/mol. The molecule has 0 aliphatic heterocycles. The number of benzene rings is 1. The van der Waals surface area contributed by atoms with Crippen molar-refractivity contribution in [3.05, 3.63) is 48.5 Å². The van der Waals surface area contributed by atoms with E-state index in [1.807, 2.05) is 12.5 Å². The Hall–Kier alpha value is -1.57. The second kappa shape index (κ2) is 18.8. The van der Waals surface area contributed by atoms with Crippen LogP contribution in [0.1, 0.15) is 147 Å². The number of aromatic nitrogens is 2. The minimum Gasteiger partial charge on any atom is -0.306 e. The smallest absolute Gasteiger partial charge is 0.0991 e. The summed E-state index contributed by atoms with van der Waals surface area (Å²) in [4.78, 5) is 4.30. The van der Waals surface area contributed by atoms with Crippen LogP contribution in [0.2, 0.25) is 0 Å². The first-order valence-corrected chi connectivity index (χ1v) is 14.4. The largest absolute Gasteiger partial charge is 0.306 e. The van der Waals surface area contributed by atoms with Gasteiger partial charge in [0.2, 0.25) is 0 Å². The molecule has 1 atom stereocenters. The lowest BCUT2D eigenvalue weighted by Crippen LogP contribution is -2.05. The molecule has 0 amide bonds. The Kier molecular flexibility index (Phi) is 15.8. The first-order valence-electron chi connectivity index (χ1n) is 14.4. The van der Waals surface area contributed by atoms with Gasteiger partial charge in [0.1, 0.15) is 0 Å². The van der Waals surface area contributed by atoms with E-state index in [1.165, 1.54) is 133 Å². The lowest BCUT2D eigenvalue weighted by molar-refractivity contribution is 0.481. The zero-order chi connectivity index (χ0) is 23.4. The van der Waals surface area contributed by atoms with Crippen molar-refractivity contribution < 1.29 is 0 Å². The predicted octanol–water partition coefficient (Wildman–Crippen LogP) is 10.4. The molecule has 2 nitrogen and oxygen atoms in total. The quantitative estimate of drug-likeness (QED) is 0.172. The van der Waals surface area contributed by atoms with Crippen molar-refractivity contribution in [1.29, 1.82) is 0 Å². The number of rotatable bonds is 21. The van der Waals surface area contributed by atoms with E-state index in [0.717, 1.165) is 0 Å². The fourth-order valence-corrected chi connectivity index (χ4v) is 5.15. The second-order valence-corrected chi connectivity index (χ2v) is 10.1. The van der Waals surface area contributed by atoms with Gasteiger partial charge in [0, 0.05) is 18.1 Å². The van der Waals surface area contributed by atoms with E-state index in [0.29, 0.717) is 5.92 Å². The Bertz CT molecular complexity index is 676. The van der Waals surface area contributed by atoms with Crippen molar-refractivity contribution >= 4 is 0 Å². The number of hydrogen-bond donors (Lipinski definition) is 0. The van der Waals surface area contributed by atoms with Gasteiger partial charge in [-0.3, -0.25) is 0 Å². The lowest BCUT2D eigenvalue weighted by Gasteiger charge is -2.21. The van der Waals surface area contributed by atoms with E-state index in [9.17, 15) is 0 Å². The van der Waals surface area contributed by atoms with Crippen molar-refractivity contribution in [2.24, 2.45) is 0 Å². The number of hydrogen-bond acceptors (Lipinski definition) is 1. The highest BCUT2D eigenvalue weighted by molar-refractivity contribution is 5.43. The topological polar surface area (TPSA) is 17.8 Å². The van der Waals surface area contributed by atoms with Crippen molar-refractivity contribution in [3.63, 3.8) is 0 Å². The Morgan fingerprint density at radius 3 is 1.61 bits per heavy atom. The standard InChI is InChI=1S/C31H52N2/c1-3-5-7-9-11-13-15-17-19-23-29(22-18-16-14-12-10-8-6-4-2)30-24-20-21-25-31(30)33-27-26-32-28-33/h20-21,24-29H,3-19,22-23H2,1-2H3. The monoisotopic (exact) mass is 452 g/mol. The molecule has 33 heavy (non-hydrogen) atoms. The van der Waals surface area contributed by atoms with E-state index in [4.69, 9.17) is 0 Å². The van der Waals surface area contributed by atoms with Gasteiger partial charge in [0.15, 0.2) is 0 Å². The highest BCUT2D eigenvalue weighted by Gasteiger charge is 2.16. The summed E-state index contributed by atoms with van der Waals surface area (Å²) in [5.74, 6) is 0.674. The van der Waals surface area contributed by atoms with Gasteiger partial charge in [0.05, 0.1) is 6.33 Å². The van der Waals surface area contributed by atoms with Gasteiger partial charge < -0.3 is 4.57 Å². The van der Waals surface area contributed by atoms with Crippen LogP contribution >= 0.6 is 0 Å². The molecular weight excluding hydrogens is 400 g/mol. The van der Waals surface area contributed by atoms with Crippen molar-refractivity contribution in [2.75, 3.05) is 0 Å². The zero-order valence-corrected chi connectivity index (χ0v) is 21.9. The number of imidazole rings is 1. The number of unbranched alkanes of at least 4 members (excludes halogenated alkanes) is 15. The minimum atomic E-state index is 0.674. The number of para-hydroxylation sites is 1. The average molecular weight is 453 g/mol. The fraction of sp³-hybridized carbons (Fsp3) is 0.710. The third kappa shape index (κ3) is 11.9. The highest BCUT2D eigenvalue weighted by Crippen LogP contribution is 2.32. The normalized spacial score (nSPS) is 12.3. The first-order chi connectivity index (χ1) is 16.4. The summed E-state index contributed by atoms with van der Waals surface area (Å²) in [6, 6.07) is 9.05. The SMILES string of the molecule is CCCCCCCCCCCC(CCCCCCCCCC)c1ccccc1-n1ccnc1. The molecule has 1 aromatic carbocycles. The Morgan fingerprint density at radius 1 is 0.636 bits per heavy atom. The maximum absolute atomic E-state index is 4.30. The molecule has 1 heterocycles. The molecule has 0 saturated carbocycles. The van der Waals surface area contributed by atoms with E-state index in [2.05, 4.69) is 53.9 Å². The third-order valence-corrected chi connectivity index (χ3v) is 7.22. The van der Waals surface area contributed by atoms with Crippen LogP contribution < -0.4 is 0 Å². The molecule has 1 unspecified atom stereocenters. The van der Waals surface area contributed by atoms with Crippen LogP contribution in [0, 0.1) is 0 Å². The molecule has 0 spiro atoms. The van der Waals surface area contributed by atoms with Crippen molar-refractivity contribution in [3.8, 4) is 5.69 Å². The summed E-state index contributed by atoms with van der Waals surface area (Å²) < 4.78 is 2.20. The van der Waals surface area contributed by atoms with Gasteiger partial charge in [-0.25, -0.2) is 4.98 Å². The molecule has 2 heteroatoms. The second-order valence-electron chi connectivity index (χ2n) is 10.1. The van der Waals surface area contributed by atoms with E-state index in [1.54, 1.807) is 0 Å². The molecule has 0 aliphatic rings. The van der Waals surface area contributed by atoms with Gasteiger partial charge in [0.25, 0.3) is 0 Å². The molecular formula is C31H52N2. The number of nitrogens with zero attached hydrogens (tertiary/aromatic N) is 2. The van der Waals surface area contributed by atoms with E-state index < -0.39 is 0 Å². The molecule has 0 bridgehead atoms. The Morgan fingerprint density at radius 2 is 1.12 bits per heavy atom. The maximum atomic E-state index is 4.30. The van der Waals surface area contributed by atoms with Crippen LogP contribution in [-0.2, 0) is 0 Å². The summed E-state index contributed by atoms with van der Waals surface area (Å²) >= 11 is 0. The lowest BCUT2D eigenvalue weighted by atomic mass is 9.87. The fourth-order valence-electron chi connectivity index (χ4n) is 5.15. The maximum Gasteiger partial charge on any atom is 0.0991 e. The third-order valence-electron chi connectivity index (χ3n) is 7.22. The van der Waals surface area contributed by atoms with Gasteiger partial charge in [-0.15, -0.1) is 0 Å². The highest BCUT2D eigenvalue weighted by atomic mass is 15.0. The van der Waals surface area contributed by atoms with Crippen LogP contribution in [0.4, 0.5) is 0 Å². The molecule has 0 fully saturated rings. The summed E-state index contributed by atoms with van der Waals surface area (Å²) in [7, 11) is 0. The zero-order valence-electron chi connectivity index (χ0n) is 21.9. The first kappa shape index (κ1) is 27.7. The summed E-state index contributed by atoms with van der Waals surface area (Å²) in [5, 5.41) is 0. The van der Waals surface area contributed by atoms with Gasteiger partial charge >= 0.3 is 0 Å². The van der Waals surface area contributed by atoms with Gasteiger partial charge in [-0.05, 0) is 30.4 Å². The summed E-state index contributed by atoms with van der Waals surface area (Å²) in [5.41, 5.74) is 2.86. The molecule has 186 valence electrons. The van der Waals surface area contributed by atoms with E-state index in [-0.39, 0.29) is 0 Å². The molecule has 0 saturated heterocycles. The Balaban J connectivity index is 1.81. The minimum absolute atomic E-state index is 0.674. The molecule has 1 aromatic heterocycles. The summed E-state index contributed by atoms with van der Waals surface area (Å²) in [6.07, 6.45) is 32.5. The molecule has 0 N–H and O–H groups in total. The van der Waals surface area contributed by atoms with Gasteiger partial charge in [-0.1, -0.05) is 141 Å². The van der Waals surface area contributed by atoms with Crippen LogP contribution in [0.15, 0.2) is 43.0 Å². The van der Waals surface area contributed by atoms with Crippen molar-refractivity contribution in [2.45, 2.75) is 142 Å². The molecule has 2 aromatic rings. The average Bonchev–Trinajstić information content (AvgIpc) is 3.38. The van der Waals surface area contributed by atoms with Crippen LogP contribution in [0.5, 0.6) is 0 Å². The molecule has 0 aliphatic carbocycles. The van der Waals surface area contributed by atoms with Crippen LogP contribution in [0.25, 0.3) is 5.69 Å². The van der Waals surface area contributed by atoms with Crippen LogP contribution in [0.3, 0.4) is 0 Å². The molecule has 0 radical (unpaired) electrons. The Labute approximate surface area is 205 Å². The molecule has 2 rings (SSSR count). The van der Waals surface area contributed by atoms with Crippen molar-refractivity contribution in [1.82, 2.24) is 9.55 Å². The van der Waals surface area contributed by atoms with Gasteiger partial charge in [-0.2, -0.15) is 0 Å². The van der Waals surface area contributed by atoms with Crippen LogP contribution in [-0.4, -0.2) is 9.55 Å².